The monoisotopic (exact) mass is 687 g/mol. The minimum atomic E-state index is -0.623. The van der Waals surface area contributed by atoms with Crippen molar-refractivity contribution in [3.05, 3.63) is 70.3 Å². The van der Waals surface area contributed by atoms with E-state index in [1.165, 1.54) is 6.07 Å². The Bertz CT molecular complexity index is 1940. The SMILES string of the molecule is CCC(C)(CC)OC.CN(C)CC(C)(C)CNC(=O)c1cn2c3c(c(N4CCC(NC=O)C4)c(F)cc3c1=O)Oc1cc3ccccc3cc1-2. The van der Waals surface area contributed by atoms with Crippen LogP contribution < -0.4 is 25.7 Å². The van der Waals surface area contributed by atoms with Gasteiger partial charge in [-0.15, -0.1) is 0 Å². The average Bonchev–Trinajstić information content (AvgIpc) is 3.54. The number of hydrogen-bond donors (Lipinski definition) is 2. The Morgan fingerprint density at radius 2 is 1.80 bits per heavy atom. The predicted octanol–water partition coefficient (Wildman–Crippen LogP) is 6.24. The molecule has 1 atom stereocenters. The number of fused-ring (bicyclic) bond motifs is 3. The van der Waals surface area contributed by atoms with Crippen molar-refractivity contribution in [1.29, 1.82) is 0 Å². The van der Waals surface area contributed by atoms with Crippen LogP contribution in [0.5, 0.6) is 11.5 Å². The number of nitrogens with zero attached hydrogens (tertiary/aromatic N) is 3. The van der Waals surface area contributed by atoms with Gasteiger partial charge < -0.3 is 34.5 Å². The topological polar surface area (TPSA) is 105 Å². The van der Waals surface area contributed by atoms with Crippen LogP contribution in [0.4, 0.5) is 10.1 Å². The molecule has 2 N–H and O–H groups in total. The van der Waals surface area contributed by atoms with Crippen molar-refractivity contribution in [3.63, 3.8) is 0 Å². The minimum absolute atomic E-state index is 0.0621. The van der Waals surface area contributed by atoms with Crippen molar-refractivity contribution in [1.82, 2.24) is 20.1 Å². The molecule has 50 heavy (non-hydrogen) atoms. The molecule has 268 valence electrons. The largest absolute Gasteiger partial charge is 0.451 e. The van der Waals surface area contributed by atoms with E-state index in [-0.39, 0.29) is 39.4 Å². The van der Waals surface area contributed by atoms with Crippen molar-refractivity contribution >= 4 is 39.7 Å². The third kappa shape index (κ3) is 7.49. The third-order valence-corrected chi connectivity index (χ3v) is 9.98. The summed E-state index contributed by atoms with van der Waals surface area (Å²) < 4.78 is 29.4. The van der Waals surface area contributed by atoms with Gasteiger partial charge in [-0.05, 0) is 74.7 Å². The highest BCUT2D eigenvalue weighted by molar-refractivity contribution is 6.02. The number of rotatable bonds is 11. The molecule has 11 heteroatoms. The van der Waals surface area contributed by atoms with E-state index < -0.39 is 17.2 Å². The Hall–Kier alpha value is -4.48. The van der Waals surface area contributed by atoms with Crippen molar-refractivity contribution in [2.45, 2.75) is 65.5 Å². The van der Waals surface area contributed by atoms with E-state index in [4.69, 9.17) is 9.47 Å². The van der Waals surface area contributed by atoms with Crippen LogP contribution in [0.3, 0.4) is 0 Å². The molecular weight excluding hydrogens is 637 g/mol. The van der Waals surface area contributed by atoms with Crippen molar-refractivity contribution in [2.75, 3.05) is 52.3 Å². The van der Waals surface area contributed by atoms with E-state index in [0.29, 0.717) is 49.4 Å². The highest BCUT2D eigenvalue weighted by atomic mass is 19.1. The first kappa shape index (κ1) is 36.8. The summed E-state index contributed by atoms with van der Waals surface area (Å²) >= 11 is 0. The number of ether oxygens (including phenoxy) is 2. The van der Waals surface area contributed by atoms with Crippen molar-refractivity contribution in [3.8, 4) is 17.2 Å². The molecule has 0 radical (unpaired) electrons. The minimum Gasteiger partial charge on any atom is -0.451 e. The van der Waals surface area contributed by atoms with Crippen molar-refractivity contribution in [2.24, 2.45) is 5.41 Å². The predicted molar refractivity (Wildman–Crippen MR) is 198 cm³/mol. The lowest BCUT2D eigenvalue weighted by Crippen LogP contribution is -2.41. The van der Waals surface area contributed by atoms with Crippen LogP contribution in [0.1, 0.15) is 64.2 Å². The zero-order valence-corrected chi connectivity index (χ0v) is 30.5. The maximum absolute atomic E-state index is 16.0. The number of halogens is 1. The normalized spacial score (nSPS) is 15.4. The average molecular weight is 688 g/mol. The fourth-order valence-corrected chi connectivity index (χ4v) is 6.81. The van der Waals surface area contributed by atoms with Crippen LogP contribution in [0, 0.1) is 11.2 Å². The highest BCUT2D eigenvalue weighted by Crippen LogP contribution is 2.48. The molecule has 3 heterocycles. The molecule has 0 bridgehead atoms. The van der Waals surface area contributed by atoms with E-state index in [2.05, 4.69) is 31.4 Å². The van der Waals surface area contributed by atoms with Gasteiger partial charge in [-0.25, -0.2) is 4.39 Å². The molecule has 4 aromatic rings. The Balaban J connectivity index is 0.000000544. The van der Waals surface area contributed by atoms with Gasteiger partial charge in [0.15, 0.2) is 17.3 Å². The molecule has 1 saturated heterocycles. The van der Waals surface area contributed by atoms with Gasteiger partial charge in [-0.1, -0.05) is 52.0 Å². The standard InChI is InChI=1S/C32H34FN5O4.C7H16O/c1-32(2,17-36(3)4)16-34-31(41)23-15-38-25-11-19-7-5-6-8-20(19)12-26(25)42-30-27(38)22(29(23)40)13-24(33)28(30)37-10-9-21(14-37)35-18-39;1-5-7(3,6-2)8-4/h5-8,11-13,15,18,21H,9-10,14,16-17H2,1-4H3,(H,34,41)(H,35,39);5-6H2,1-4H3. The van der Waals surface area contributed by atoms with Gasteiger partial charge in [0.1, 0.15) is 16.8 Å². The van der Waals surface area contributed by atoms with Gasteiger partial charge in [0.2, 0.25) is 11.8 Å². The lowest BCUT2D eigenvalue weighted by molar-refractivity contribution is -0.110. The second-order valence-electron chi connectivity index (χ2n) is 14.6. The molecule has 2 aliphatic rings. The van der Waals surface area contributed by atoms with Crippen molar-refractivity contribution < 1.29 is 23.5 Å². The number of benzene rings is 3. The number of anilines is 1. The summed E-state index contributed by atoms with van der Waals surface area (Å²) in [5.41, 5.74) is 0.528. The molecule has 1 aromatic heterocycles. The number of amides is 2. The smallest absolute Gasteiger partial charge is 0.256 e. The van der Waals surface area contributed by atoms with E-state index >= 15 is 4.39 Å². The van der Waals surface area contributed by atoms with Gasteiger partial charge in [0, 0.05) is 45.5 Å². The summed E-state index contributed by atoms with van der Waals surface area (Å²) in [5, 5.41) is 7.66. The number of methoxy groups -OCH3 is 1. The van der Waals surface area contributed by atoms with E-state index in [1.807, 2.05) is 74.1 Å². The molecular formula is C39H50FN5O5. The zero-order valence-electron chi connectivity index (χ0n) is 30.5. The molecule has 6 rings (SSSR count). The summed E-state index contributed by atoms with van der Waals surface area (Å²) in [6, 6.07) is 12.7. The summed E-state index contributed by atoms with van der Waals surface area (Å²) in [7, 11) is 5.70. The Labute approximate surface area is 293 Å². The summed E-state index contributed by atoms with van der Waals surface area (Å²) in [4.78, 5) is 42.2. The molecule has 10 nitrogen and oxygen atoms in total. The zero-order chi connectivity index (χ0) is 36.4. The Morgan fingerprint density at radius 3 is 2.40 bits per heavy atom. The van der Waals surface area contributed by atoms with Gasteiger partial charge in [-0.2, -0.15) is 0 Å². The van der Waals surface area contributed by atoms with Crippen LogP contribution in [-0.4, -0.2) is 80.8 Å². The second-order valence-corrected chi connectivity index (χ2v) is 14.6. The Kier molecular flexibility index (Phi) is 10.9. The number of pyridine rings is 1. The maximum Gasteiger partial charge on any atom is 0.256 e. The first-order valence-electron chi connectivity index (χ1n) is 17.3. The Morgan fingerprint density at radius 1 is 1.12 bits per heavy atom. The number of nitrogens with one attached hydrogen (secondary N) is 2. The summed E-state index contributed by atoms with van der Waals surface area (Å²) in [6.07, 6.45) is 5.03. The number of carbonyl (C=O) groups is 2. The van der Waals surface area contributed by atoms with E-state index in [1.54, 1.807) is 17.9 Å². The fourth-order valence-electron chi connectivity index (χ4n) is 6.81. The van der Waals surface area contributed by atoms with Crippen LogP contribution in [-0.2, 0) is 9.53 Å². The first-order chi connectivity index (χ1) is 23.7. The molecule has 0 aliphatic carbocycles. The highest BCUT2D eigenvalue weighted by Gasteiger charge is 2.34. The van der Waals surface area contributed by atoms with Crippen LogP contribution in [0.15, 0.2) is 53.5 Å². The summed E-state index contributed by atoms with van der Waals surface area (Å²) in [5.74, 6) is -0.435. The van der Waals surface area contributed by atoms with Gasteiger partial charge in [0.05, 0.1) is 16.7 Å². The molecule has 2 aliphatic heterocycles. The van der Waals surface area contributed by atoms with Crippen LogP contribution in [0.25, 0.3) is 27.4 Å². The quantitative estimate of drug-likeness (QED) is 0.158. The number of carbonyl (C=O) groups excluding carboxylic acids is 2. The second kappa shape index (κ2) is 14.8. The maximum atomic E-state index is 16.0. The van der Waals surface area contributed by atoms with Gasteiger partial charge in [0.25, 0.3) is 5.91 Å². The van der Waals surface area contributed by atoms with Gasteiger partial charge >= 0.3 is 0 Å². The van der Waals surface area contributed by atoms with Crippen LogP contribution in [0.2, 0.25) is 0 Å². The number of aromatic nitrogens is 1. The molecule has 0 saturated carbocycles. The third-order valence-electron chi connectivity index (χ3n) is 9.98. The fraction of sp³-hybridized carbons (Fsp3) is 0.462. The van der Waals surface area contributed by atoms with Crippen LogP contribution >= 0.6 is 0 Å². The lowest BCUT2D eigenvalue weighted by Gasteiger charge is -2.30. The first-order valence-corrected chi connectivity index (χ1v) is 17.3. The van der Waals surface area contributed by atoms with Gasteiger partial charge in [-0.3, -0.25) is 14.4 Å². The van der Waals surface area contributed by atoms with E-state index in [9.17, 15) is 14.4 Å². The molecule has 1 fully saturated rings. The molecule has 3 aromatic carbocycles. The molecule has 0 spiro atoms. The summed E-state index contributed by atoms with van der Waals surface area (Å²) in [6.45, 7) is 12.5. The lowest BCUT2D eigenvalue weighted by atomic mass is 9.93. The number of hydrogen-bond acceptors (Lipinski definition) is 7. The molecule has 1 unspecified atom stereocenters. The molecule has 2 amide bonds. The van der Waals surface area contributed by atoms with E-state index in [0.717, 1.165) is 30.2 Å².